The van der Waals surface area contributed by atoms with Gasteiger partial charge in [-0.2, -0.15) is 0 Å². The van der Waals surface area contributed by atoms with E-state index in [2.05, 4.69) is 20.0 Å². The van der Waals surface area contributed by atoms with Gasteiger partial charge in [0.05, 0.1) is 12.8 Å². The molecule has 9 heteroatoms. The average Bonchev–Trinajstić information content (AvgIpc) is 3.36. The van der Waals surface area contributed by atoms with Gasteiger partial charge in [0.15, 0.2) is 16.6 Å². The number of benzene rings is 1. The topological polar surface area (TPSA) is 103 Å². The number of nitrogens with zero attached hydrogens (tertiary/aromatic N) is 1. The molecule has 1 amide bonds. The minimum Gasteiger partial charge on any atom is -0.486 e. The van der Waals surface area contributed by atoms with Crippen molar-refractivity contribution in [3.63, 3.8) is 0 Å². The highest BCUT2D eigenvalue weighted by molar-refractivity contribution is 7.14. The summed E-state index contributed by atoms with van der Waals surface area (Å²) in [7, 11) is 1.32. The molecule has 0 bridgehead atoms. The number of amides is 1. The van der Waals surface area contributed by atoms with Crippen LogP contribution in [0.25, 0.3) is 11.3 Å². The van der Waals surface area contributed by atoms with Gasteiger partial charge in [-0.25, -0.2) is 9.78 Å². The molecule has 0 unspecified atom stereocenters. The van der Waals surface area contributed by atoms with E-state index < -0.39 is 5.97 Å². The van der Waals surface area contributed by atoms with Crippen molar-refractivity contribution in [2.24, 2.45) is 0 Å². The van der Waals surface area contributed by atoms with E-state index >= 15 is 0 Å². The fourth-order valence-electron chi connectivity index (χ4n) is 2.59. The third-order valence-corrected chi connectivity index (χ3v) is 4.67. The molecular weight excluding hydrogens is 370 g/mol. The zero-order valence-electron chi connectivity index (χ0n) is 14.3. The molecule has 2 N–H and O–H groups in total. The van der Waals surface area contributed by atoms with Crippen molar-refractivity contribution in [2.45, 2.75) is 0 Å². The lowest BCUT2D eigenvalue weighted by Crippen LogP contribution is -2.17. The van der Waals surface area contributed by atoms with Gasteiger partial charge in [0.1, 0.15) is 18.9 Å². The minimum absolute atomic E-state index is 0.294. The molecule has 0 aliphatic carbocycles. The Morgan fingerprint density at radius 3 is 2.85 bits per heavy atom. The molecule has 138 valence electrons. The number of hydrogen-bond donors (Lipinski definition) is 2. The molecule has 0 radical (unpaired) electrons. The van der Waals surface area contributed by atoms with Crippen LogP contribution in [0.1, 0.15) is 20.8 Å². The first kappa shape index (κ1) is 17.1. The molecule has 0 saturated carbocycles. The third-order valence-electron chi connectivity index (χ3n) is 3.91. The maximum Gasteiger partial charge on any atom is 0.354 e. The summed E-state index contributed by atoms with van der Waals surface area (Å²) in [5.74, 6) is 0.431. The average molecular weight is 385 g/mol. The van der Waals surface area contributed by atoms with E-state index in [0.717, 1.165) is 5.56 Å². The fraction of sp³-hybridized carbons (Fsp3) is 0.167. The highest BCUT2D eigenvalue weighted by Crippen LogP contribution is 2.31. The summed E-state index contributed by atoms with van der Waals surface area (Å²) in [6.45, 7) is 0.954. The molecule has 0 saturated heterocycles. The zero-order valence-corrected chi connectivity index (χ0v) is 15.1. The van der Waals surface area contributed by atoms with Crippen molar-refractivity contribution in [3.05, 3.63) is 47.1 Å². The van der Waals surface area contributed by atoms with Gasteiger partial charge in [0.2, 0.25) is 0 Å². The molecule has 0 fully saturated rings. The first-order valence-electron chi connectivity index (χ1n) is 8.07. The van der Waals surface area contributed by atoms with E-state index in [1.54, 1.807) is 35.8 Å². The summed E-state index contributed by atoms with van der Waals surface area (Å²) < 4.78 is 15.6. The molecule has 3 heterocycles. The molecule has 4 rings (SSSR count). The molecular formula is C18H15N3O5S. The van der Waals surface area contributed by atoms with Crippen LogP contribution in [-0.2, 0) is 4.74 Å². The Morgan fingerprint density at radius 1 is 1.22 bits per heavy atom. The number of nitrogens with one attached hydrogen (secondary N) is 2. The molecule has 0 atom stereocenters. The Kier molecular flexibility index (Phi) is 4.51. The lowest BCUT2D eigenvalue weighted by Gasteiger charge is -2.18. The third kappa shape index (κ3) is 3.49. The summed E-state index contributed by atoms with van der Waals surface area (Å²) in [5.41, 5.74) is 2.16. The van der Waals surface area contributed by atoms with Crippen LogP contribution in [0.4, 0.5) is 5.13 Å². The van der Waals surface area contributed by atoms with E-state index in [1.165, 1.54) is 18.4 Å². The van der Waals surface area contributed by atoms with E-state index in [9.17, 15) is 9.59 Å². The molecule has 2 aromatic heterocycles. The van der Waals surface area contributed by atoms with Gasteiger partial charge >= 0.3 is 5.97 Å². The Bertz CT molecular complexity index is 1010. The number of aromatic nitrogens is 2. The molecule has 27 heavy (non-hydrogen) atoms. The van der Waals surface area contributed by atoms with E-state index in [4.69, 9.17) is 9.47 Å². The van der Waals surface area contributed by atoms with Crippen LogP contribution in [0.3, 0.4) is 0 Å². The number of anilines is 1. The molecule has 1 aromatic carbocycles. The zero-order chi connectivity index (χ0) is 18.8. The molecule has 3 aromatic rings. The van der Waals surface area contributed by atoms with E-state index in [-0.39, 0.29) is 5.91 Å². The Labute approximate surface area is 158 Å². The number of ether oxygens (including phenoxy) is 3. The second-order valence-electron chi connectivity index (χ2n) is 5.64. The van der Waals surface area contributed by atoms with Crippen molar-refractivity contribution in [2.75, 3.05) is 25.6 Å². The van der Waals surface area contributed by atoms with Crippen LogP contribution in [0.5, 0.6) is 11.5 Å². The second kappa shape index (κ2) is 7.12. The van der Waals surface area contributed by atoms with Gasteiger partial charge in [-0.1, -0.05) is 0 Å². The molecule has 1 aliphatic rings. The Morgan fingerprint density at radius 2 is 2.04 bits per heavy atom. The number of aromatic amines is 1. The largest absolute Gasteiger partial charge is 0.486 e. The van der Waals surface area contributed by atoms with Crippen LogP contribution in [0.15, 0.2) is 35.8 Å². The fourth-order valence-corrected chi connectivity index (χ4v) is 3.30. The Balaban J connectivity index is 1.48. The van der Waals surface area contributed by atoms with E-state index in [1.807, 2.05) is 0 Å². The summed E-state index contributed by atoms with van der Waals surface area (Å²) in [5, 5.41) is 5.01. The first-order chi connectivity index (χ1) is 13.1. The Hall–Kier alpha value is -3.33. The number of hydrogen-bond acceptors (Lipinski definition) is 7. The number of esters is 1. The van der Waals surface area contributed by atoms with Crippen molar-refractivity contribution in [1.29, 1.82) is 0 Å². The van der Waals surface area contributed by atoms with Crippen LogP contribution in [-0.4, -0.2) is 42.2 Å². The summed E-state index contributed by atoms with van der Waals surface area (Å²) in [6, 6.07) is 6.68. The number of carbonyl (C=O) groups is 2. The van der Waals surface area contributed by atoms with Crippen LogP contribution in [0, 0.1) is 0 Å². The monoisotopic (exact) mass is 385 g/mol. The highest BCUT2D eigenvalue weighted by atomic mass is 32.1. The molecule has 8 nitrogen and oxygen atoms in total. The van der Waals surface area contributed by atoms with Crippen LogP contribution < -0.4 is 14.8 Å². The normalized spacial score (nSPS) is 12.5. The van der Waals surface area contributed by atoms with Gasteiger partial charge < -0.3 is 19.2 Å². The van der Waals surface area contributed by atoms with Gasteiger partial charge in [0, 0.05) is 22.7 Å². The second-order valence-corrected chi connectivity index (χ2v) is 6.50. The minimum atomic E-state index is -0.455. The highest BCUT2D eigenvalue weighted by Gasteiger charge is 2.17. The number of rotatable bonds is 4. The van der Waals surface area contributed by atoms with Crippen LogP contribution >= 0.6 is 11.3 Å². The van der Waals surface area contributed by atoms with E-state index in [0.29, 0.717) is 46.8 Å². The number of fused-ring (bicyclic) bond motifs is 1. The summed E-state index contributed by atoms with van der Waals surface area (Å²) >= 11 is 1.29. The smallest absolute Gasteiger partial charge is 0.354 e. The van der Waals surface area contributed by atoms with Gasteiger partial charge in [-0.05, 0) is 24.3 Å². The number of H-pyrrole nitrogens is 1. The number of thiazole rings is 1. The summed E-state index contributed by atoms with van der Waals surface area (Å²) in [6.07, 6.45) is 1.66. The quantitative estimate of drug-likeness (QED) is 0.670. The predicted molar refractivity (Wildman–Crippen MR) is 98.6 cm³/mol. The lowest BCUT2D eigenvalue weighted by molar-refractivity contribution is 0.0594. The maximum absolute atomic E-state index is 12.5. The van der Waals surface area contributed by atoms with Crippen molar-refractivity contribution >= 4 is 28.3 Å². The lowest BCUT2D eigenvalue weighted by atomic mass is 10.2. The number of methoxy groups -OCH3 is 1. The maximum atomic E-state index is 12.5. The van der Waals surface area contributed by atoms with Gasteiger partial charge in [0.25, 0.3) is 5.91 Å². The predicted octanol–water partition coefficient (Wildman–Crippen LogP) is 2.95. The first-order valence-corrected chi connectivity index (χ1v) is 8.95. The summed E-state index contributed by atoms with van der Waals surface area (Å²) in [4.78, 5) is 31.2. The van der Waals surface area contributed by atoms with Crippen LogP contribution in [0.2, 0.25) is 0 Å². The van der Waals surface area contributed by atoms with Crippen molar-refractivity contribution in [1.82, 2.24) is 9.97 Å². The van der Waals surface area contributed by atoms with Crippen molar-refractivity contribution < 1.29 is 23.8 Å². The van der Waals surface area contributed by atoms with Gasteiger partial charge in [-0.15, -0.1) is 11.3 Å². The van der Waals surface area contributed by atoms with Crippen molar-refractivity contribution in [3.8, 4) is 22.8 Å². The van der Waals surface area contributed by atoms with Gasteiger partial charge in [-0.3, -0.25) is 10.1 Å². The SMILES string of the molecule is COC(=O)c1cc(-c2csc(NC(=O)c3ccc4c(c3)OCCO4)n2)c[nH]1. The molecule has 1 aliphatic heterocycles. The number of carbonyl (C=O) groups excluding carboxylic acids is 2. The standard InChI is InChI=1S/C18H15N3O5S/c1-24-17(23)12-6-11(8-19-12)13-9-27-18(20-13)21-16(22)10-2-3-14-15(7-10)26-5-4-25-14/h2-3,6-9,19H,4-5H2,1H3,(H,20,21,22). The molecule has 0 spiro atoms.